The summed E-state index contributed by atoms with van der Waals surface area (Å²) in [5, 5.41) is 0. The van der Waals surface area contributed by atoms with Crippen LogP contribution in [0.2, 0.25) is 0 Å². The Bertz CT molecular complexity index is 954. The van der Waals surface area contributed by atoms with Gasteiger partial charge >= 0.3 is 5.97 Å². The molecule has 0 aromatic heterocycles. The topological polar surface area (TPSA) is 63.7 Å². The molecule has 3 rings (SSSR count). The quantitative estimate of drug-likeness (QED) is 0.640. The summed E-state index contributed by atoms with van der Waals surface area (Å²) in [4.78, 5) is 12.4. The molecular weight excluding hydrogens is 398 g/mol. The molecule has 1 fully saturated rings. The zero-order valence-electron chi connectivity index (χ0n) is 18.1. The van der Waals surface area contributed by atoms with Gasteiger partial charge in [0.1, 0.15) is 0 Å². The first kappa shape index (κ1) is 22.5. The van der Waals surface area contributed by atoms with Gasteiger partial charge in [0.05, 0.1) is 12.0 Å². The third-order valence-electron chi connectivity index (χ3n) is 6.14. The molecule has 1 aliphatic rings. The summed E-state index contributed by atoms with van der Waals surface area (Å²) in [6.45, 7) is 6.38. The molecule has 0 unspecified atom stereocenters. The lowest BCUT2D eigenvalue weighted by molar-refractivity contribution is -0.142. The molecule has 2 aromatic carbocycles. The first-order valence-electron chi connectivity index (χ1n) is 10.4. The lowest BCUT2D eigenvalue weighted by Gasteiger charge is -2.45. The number of hydrogen-bond donors (Lipinski definition) is 0. The summed E-state index contributed by atoms with van der Waals surface area (Å²) in [6, 6.07) is 16.7. The average Bonchev–Trinajstić information content (AvgIpc) is 2.74. The van der Waals surface area contributed by atoms with Gasteiger partial charge < -0.3 is 4.74 Å². The van der Waals surface area contributed by atoms with E-state index in [1.807, 2.05) is 63.2 Å². The summed E-state index contributed by atoms with van der Waals surface area (Å²) >= 11 is 0. The second kappa shape index (κ2) is 9.31. The van der Waals surface area contributed by atoms with Crippen molar-refractivity contribution in [1.82, 2.24) is 4.31 Å². The molecule has 30 heavy (non-hydrogen) atoms. The highest BCUT2D eigenvalue weighted by Crippen LogP contribution is 2.41. The fourth-order valence-electron chi connectivity index (χ4n) is 4.40. The summed E-state index contributed by atoms with van der Waals surface area (Å²) in [5.74, 6) is -0.169. The molecular formula is C24H31NO4S. The van der Waals surface area contributed by atoms with Crippen molar-refractivity contribution < 1.29 is 17.9 Å². The van der Waals surface area contributed by atoms with E-state index in [0.29, 0.717) is 17.9 Å². The summed E-state index contributed by atoms with van der Waals surface area (Å²) in [6.07, 6.45) is 0.912. The Hall–Kier alpha value is -2.18. The van der Waals surface area contributed by atoms with E-state index >= 15 is 0 Å². The Morgan fingerprint density at radius 2 is 1.73 bits per heavy atom. The van der Waals surface area contributed by atoms with E-state index in [1.54, 1.807) is 16.4 Å². The maximum absolute atomic E-state index is 13.6. The first-order chi connectivity index (χ1) is 14.2. The Kier molecular flexibility index (Phi) is 6.98. The van der Waals surface area contributed by atoms with Crippen LogP contribution in [0.5, 0.6) is 0 Å². The average molecular weight is 430 g/mol. The van der Waals surface area contributed by atoms with Crippen molar-refractivity contribution in [2.75, 3.05) is 13.7 Å². The first-order valence-corrected chi connectivity index (χ1v) is 11.9. The molecule has 0 N–H and O–H groups in total. The lowest BCUT2D eigenvalue weighted by atomic mass is 9.75. The SMILES string of the molecule is COC(=O)C[C@H]1C[C@H](C(C)C)N(S(=O)(=O)c2ccc(C)cc2)C[C@@H]1c1ccccc1. The van der Waals surface area contributed by atoms with Gasteiger partial charge in [-0.05, 0) is 42.9 Å². The highest BCUT2D eigenvalue weighted by atomic mass is 32.2. The number of rotatable bonds is 6. The molecule has 162 valence electrons. The second-order valence-corrected chi connectivity index (χ2v) is 10.4. The highest BCUT2D eigenvalue weighted by Gasteiger charge is 2.43. The number of hydrogen-bond acceptors (Lipinski definition) is 4. The van der Waals surface area contributed by atoms with E-state index in [4.69, 9.17) is 4.74 Å². The fourth-order valence-corrected chi connectivity index (χ4v) is 6.19. The van der Waals surface area contributed by atoms with Crippen molar-refractivity contribution in [2.24, 2.45) is 11.8 Å². The van der Waals surface area contributed by atoms with E-state index in [1.165, 1.54) is 7.11 Å². The molecule has 0 amide bonds. The van der Waals surface area contributed by atoms with Crippen molar-refractivity contribution in [1.29, 1.82) is 0 Å². The van der Waals surface area contributed by atoms with Gasteiger partial charge in [-0.3, -0.25) is 4.79 Å². The van der Waals surface area contributed by atoms with Gasteiger partial charge in [0, 0.05) is 24.9 Å². The van der Waals surface area contributed by atoms with Gasteiger partial charge in [-0.25, -0.2) is 8.42 Å². The number of nitrogens with zero attached hydrogens (tertiary/aromatic N) is 1. The number of esters is 1. The van der Waals surface area contributed by atoms with E-state index in [-0.39, 0.29) is 36.2 Å². The van der Waals surface area contributed by atoms with Crippen molar-refractivity contribution in [3.63, 3.8) is 0 Å². The van der Waals surface area contributed by atoms with E-state index in [2.05, 4.69) is 0 Å². The van der Waals surface area contributed by atoms with E-state index in [0.717, 1.165) is 11.1 Å². The smallest absolute Gasteiger partial charge is 0.305 e. The maximum Gasteiger partial charge on any atom is 0.305 e. The number of sulfonamides is 1. The van der Waals surface area contributed by atoms with Gasteiger partial charge in [-0.2, -0.15) is 4.31 Å². The molecule has 0 saturated carbocycles. The molecule has 1 aliphatic heterocycles. The maximum atomic E-state index is 13.6. The molecule has 0 bridgehead atoms. The van der Waals surface area contributed by atoms with Crippen LogP contribution < -0.4 is 0 Å². The van der Waals surface area contributed by atoms with E-state index in [9.17, 15) is 13.2 Å². The van der Waals surface area contributed by atoms with Gasteiger partial charge in [0.2, 0.25) is 10.0 Å². The number of aryl methyl sites for hydroxylation is 1. The summed E-state index contributed by atoms with van der Waals surface area (Å²) in [7, 11) is -2.25. The molecule has 0 radical (unpaired) electrons. The number of carbonyl (C=O) groups is 1. The zero-order valence-corrected chi connectivity index (χ0v) is 18.9. The van der Waals surface area contributed by atoms with Crippen LogP contribution in [0.1, 0.15) is 43.7 Å². The van der Waals surface area contributed by atoms with Crippen LogP contribution in [-0.2, 0) is 19.6 Å². The predicted molar refractivity (Wildman–Crippen MR) is 118 cm³/mol. The minimum absolute atomic E-state index is 0.0247. The van der Waals surface area contributed by atoms with Crippen LogP contribution in [0.15, 0.2) is 59.5 Å². The van der Waals surface area contributed by atoms with Crippen LogP contribution >= 0.6 is 0 Å². The number of methoxy groups -OCH3 is 1. The third kappa shape index (κ3) is 4.76. The molecule has 1 saturated heterocycles. The van der Waals surface area contributed by atoms with Crippen molar-refractivity contribution >= 4 is 16.0 Å². The molecule has 6 heteroatoms. The Morgan fingerprint density at radius 3 is 2.30 bits per heavy atom. The molecule has 0 spiro atoms. The van der Waals surface area contributed by atoms with Gasteiger partial charge in [-0.1, -0.05) is 61.9 Å². The Labute approximate surface area is 180 Å². The van der Waals surface area contributed by atoms with Crippen molar-refractivity contribution in [2.45, 2.75) is 50.5 Å². The Balaban J connectivity index is 2.02. The lowest BCUT2D eigenvalue weighted by Crippen LogP contribution is -2.51. The minimum atomic E-state index is -3.65. The van der Waals surface area contributed by atoms with Crippen LogP contribution in [-0.4, -0.2) is 38.4 Å². The summed E-state index contributed by atoms with van der Waals surface area (Å²) < 4.78 is 33.8. The predicted octanol–water partition coefficient (Wildman–Crippen LogP) is 4.38. The molecule has 2 aromatic rings. The van der Waals surface area contributed by atoms with Crippen molar-refractivity contribution in [3.8, 4) is 0 Å². The zero-order chi connectivity index (χ0) is 21.9. The van der Waals surface area contributed by atoms with Gasteiger partial charge in [0.15, 0.2) is 0 Å². The number of piperidine rings is 1. The minimum Gasteiger partial charge on any atom is -0.469 e. The van der Waals surface area contributed by atoms with E-state index < -0.39 is 10.0 Å². The number of ether oxygens (including phenoxy) is 1. The van der Waals surface area contributed by atoms with Gasteiger partial charge in [0.25, 0.3) is 0 Å². The highest BCUT2D eigenvalue weighted by molar-refractivity contribution is 7.89. The number of benzene rings is 2. The summed E-state index contributed by atoms with van der Waals surface area (Å²) in [5.41, 5.74) is 2.08. The van der Waals surface area contributed by atoms with Crippen molar-refractivity contribution in [3.05, 3.63) is 65.7 Å². The molecule has 3 atom stereocenters. The molecule has 1 heterocycles. The van der Waals surface area contributed by atoms with Crippen LogP contribution in [0.3, 0.4) is 0 Å². The van der Waals surface area contributed by atoms with Crippen LogP contribution in [0.25, 0.3) is 0 Å². The third-order valence-corrected chi connectivity index (χ3v) is 8.05. The molecule has 5 nitrogen and oxygen atoms in total. The fraction of sp³-hybridized carbons (Fsp3) is 0.458. The Morgan fingerprint density at radius 1 is 1.10 bits per heavy atom. The monoisotopic (exact) mass is 429 g/mol. The second-order valence-electron chi connectivity index (χ2n) is 8.49. The van der Waals surface area contributed by atoms with Crippen LogP contribution in [0.4, 0.5) is 0 Å². The largest absolute Gasteiger partial charge is 0.469 e. The standard InChI is InChI=1S/C24H31NO4S/c1-17(2)23-14-20(15-24(26)29-4)22(19-8-6-5-7-9-19)16-25(23)30(27,28)21-12-10-18(3)11-13-21/h5-13,17,20,22-23H,14-16H2,1-4H3/t20-,22-,23-/m1/s1. The molecule has 0 aliphatic carbocycles. The van der Waals surface area contributed by atoms with Crippen LogP contribution in [0, 0.1) is 18.8 Å². The normalized spacial score (nSPS) is 22.8. The van der Waals surface area contributed by atoms with Gasteiger partial charge in [-0.15, -0.1) is 0 Å². The number of carbonyl (C=O) groups excluding carboxylic acids is 1.